The van der Waals surface area contributed by atoms with Gasteiger partial charge in [-0.1, -0.05) is 35.9 Å². The minimum absolute atomic E-state index is 0.0346. The smallest absolute Gasteiger partial charge is 0.267 e. The van der Waals surface area contributed by atoms with Gasteiger partial charge in [-0.15, -0.1) is 0 Å². The number of benzene rings is 1. The average molecular weight is 433 g/mol. The summed E-state index contributed by atoms with van der Waals surface area (Å²) in [5.41, 5.74) is 3.08. The molecule has 1 N–H and O–H groups in total. The molecule has 0 spiro atoms. The highest BCUT2D eigenvalue weighted by Gasteiger charge is 2.21. The molecule has 3 rings (SSSR count). The molecular formula is C20H21ClN4O3S. The molecular weight excluding hydrogens is 412 g/mol. The lowest BCUT2D eigenvalue weighted by Gasteiger charge is -2.12. The number of pyridine rings is 2. The van der Waals surface area contributed by atoms with Crippen molar-refractivity contribution >= 4 is 27.3 Å². The Labute approximate surface area is 175 Å². The van der Waals surface area contributed by atoms with Gasteiger partial charge in [-0.2, -0.15) is 0 Å². The van der Waals surface area contributed by atoms with Gasteiger partial charge in [-0.05, 0) is 37.9 Å². The molecule has 0 aliphatic heterocycles. The van der Waals surface area contributed by atoms with Crippen molar-refractivity contribution in [2.75, 3.05) is 25.9 Å². The Morgan fingerprint density at radius 1 is 1.10 bits per heavy atom. The Balaban J connectivity index is 1.87. The minimum atomic E-state index is -3.95. The Hall–Kier alpha value is -2.68. The summed E-state index contributed by atoms with van der Waals surface area (Å²) in [6.07, 6.45) is 2.87. The number of hydrogen-bond donors (Lipinski definition) is 1. The lowest BCUT2D eigenvalue weighted by molar-refractivity contribution is 0.385. The molecule has 9 heteroatoms. The highest BCUT2D eigenvalue weighted by atomic mass is 35.5. The zero-order valence-corrected chi connectivity index (χ0v) is 17.8. The second-order valence-electron chi connectivity index (χ2n) is 6.63. The monoisotopic (exact) mass is 432 g/mol. The summed E-state index contributed by atoms with van der Waals surface area (Å²) in [5.74, 6) is -0.0346. The van der Waals surface area contributed by atoms with Crippen LogP contribution in [0.5, 0.6) is 5.88 Å². The highest BCUT2D eigenvalue weighted by Crippen LogP contribution is 2.27. The Bertz CT molecular complexity index is 1100. The summed E-state index contributed by atoms with van der Waals surface area (Å²) in [7, 11) is 1.41. The Kier molecular flexibility index (Phi) is 6.36. The number of aromatic nitrogens is 2. The summed E-state index contributed by atoms with van der Waals surface area (Å²) in [6, 6.07) is 12.5. The fourth-order valence-electron chi connectivity index (χ4n) is 2.76. The summed E-state index contributed by atoms with van der Waals surface area (Å²) >= 11 is 5.91. The lowest BCUT2D eigenvalue weighted by Crippen LogP contribution is -2.15. The molecule has 2 heterocycles. The minimum Gasteiger partial charge on any atom is -0.480 e. The van der Waals surface area contributed by atoms with Gasteiger partial charge >= 0.3 is 0 Å². The van der Waals surface area contributed by atoms with Crippen LogP contribution in [-0.2, 0) is 16.6 Å². The van der Waals surface area contributed by atoms with E-state index in [4.69, 9.17) is 16.3 Å². The van der Waals surface area contributed by atoms with Gasteiger partial charge in [0.15, 0.2) is 4.90 Å². The Morgan fingerprint density at radius 3 is 2.48 bits per heavy atom. The first-order valence-corrected chi connectivity index (χ1v) is 10.6. The summed E-state index contributed by atoms with van der Waals surface area (Å²) in [5, 5.41) is 0.194. The van der Waals surface area contributed by atoms with Crippen molar-refractivity contribution in [2.24, 2.45) is 0 Å². The predicted molar refractivity (Wildman–Crippen MR) is 114 cm³/mol. The van der Waals surface area contributed by atoms with E-state index >= 15 is 0 Å². The summed E-state index contributed by atoms with van der Waals surface area (Å²) in [4.78, 5) is 10.2. The maximum Gasteiger partial charge on any atom is 0.267 e. The molecule has 0 amide bonds. The molecule has 0 aliphatic rings. The number of sulfonamides is 1. The van der Waals surface area contributed by atoms with E-state index in [9.17, 15) is 8.42 Å². The second kappa shape index (κ2) is 8.77. The first-order chi connectivity index (χ1) is 13.8. The highest BCUT2D eigenvalue weighted by molar-refractivity contribution is 7.92. The maximum absolute atomic E-state index is 12.8. The molecule has 29 heavy (non-hydrogen) atoms. The van der Waals surface area contributed by atoms with Crippen molar-refractivity contribution < 1.29 is 13.2 Å². The van der Waals surface area contributed by atoms with Crippen molar-refractivity contribution in [1.29, 1.82) is 0 Å². The van der Waals surface area contributed by atoms with Crippen LogP contribution in [-0.4, -0.2) is 44.5 Å². The van der Waals surface area contributed by atoms with E-state index in [2.05, 4.69) is 19.6 Å². The molecule has 152 valence electrons. The lowest BCUT2D eigenvalue weighted by atomic mass is 10.1. The molecule has 0 fully saturated rings. The van der Waals surface area contributed by atoms with E-state index in [0.717, 1.165) is 12.1 Å². The predicted octanol–water partition coefficient (Wildman–Crippen LogP) is 3.67. The molecule has 1 aromatic carbocycles. The van der Waals surface area contributed by atoms with Crippen molar-refractivity contribution in [3.63, 3.8) is 0 Å². The summed E-state index contributed by atoms with van der Waals surface area (Å²) < 4.78 is 33.2. The summed E-state index contributed by atoms with van der Waals surface area (Å²) in [6.45, 7) is 0.836. The molecule has 2 aromatic heterocycles. The third kappa shape index (κ3) is 5.23. The zero-order valence-electron chi connectivity index (χ0n) is 16.3. The third-order valence-corrected chi connectivity index (χ3v) is 5.61. The van der Waals surface area contributed by atoms with Gasteiger partial charge in [0, 0.05) is 24.5 Å². The van der Waals surface area contributed by atoms with Crippen LogP contribution in [0.2, 0.25) is 5.02 Å². The van der Waals surface area contributed by atoms with Gasteiger partial charge in [-0.25, -0.2) is 13.4 Å². The van der Waals surface area contributed by atoms with Crippen molar-refractivity contribution in [1.82, 2.24) is 14.9 Å². The number of rotatable bonds is 7. The van der Waals surface area contributed by atoms with E-state index in [-0.39, 0.29) is 15.8 Å². The van der Waals surface area contributed by atoms with Crippen LogP contribution < -0.4 is 9.46 Å². The van der Waals surface area contributed by atoms with Crippen LogP contribution in [0.1, 0.15) is 5.56 Å². The van der Waals surface area contributed by atoms with E-state index in [1.165, 1.54) is 24.9 Å². The van der Waals surface area contributed by atoms with Crippen LogP contribution >= 0.6 is 11.6 Å². The third-order valence-electron chi connectivity index (χ3n) is 4.03. The van der Waals surface area contributed by atoms with Crippen LogP contribution in [0, 0.1) is 0 Å². The van der Waals surface area contributed by atoms with Gasteiger partial charge in [0.05, 0.1) is 23.5 Å². The number of halogens is 1. The van der Waals surface area contributed by atoms with Gasteiger partial charge in [0.25, 0.3) is 10.0 Å². The van der Waals surface area contributed by atoms with E-state index in [1.54, 1.807) is 18.3 Å². The quantitative estimate of drug-likeness (QED) is 0.613. The van der Waals surface area contributed by atoms with Gasteiger partial charge in [0.2, 0.25) is 5.88 Å². The van der Waals surface area contributed by atoms with Crippen molar-refractivity contribution in [3.8, 4) is 17.1 Å². The fourth-order valence-corrected chi connectivity index (χ4v) is 4.18. The molecule has 3 aromatic rings. The van der Waals surface area contributed by atoms with E-state index < -0.39 is 10.0 Å². The molecule has 7 nitrogen and oxygen atoms in total. The van der Waals surface area contributed by atoms with Crippen LogP contribution in [0.3, 0.4) is 0 Å². The molecule has 0 saturated carbocycles. The number of anilines is 1. The Morgan fingerprint density at radius 2 is 1.83 bits per heavy atom. The van der Waals surface area contributed by atoms with Gasteiger partial charge < -0.3 is 9.64 Å². The van der Waals surface area contributed by atoms with E-state index in [1.807, 2.05) is 38.4 Å². The molecule has 0 radical (unpaired) electrons. The number of nitrogens with one attached hydrogen (secondary N) is 1. The van der Waals surface area contributed by atoms with Crippen LogP contribution in [0.15, 0.2) is 59.8 Å². The van der Waals surface area contributed by atoms with Gasteiger partial charge in [-0.3, -0.25) is 9.71 Å². The normalized spacial score (nSPS) is 11.5. The number of methoxy groups -OCH3 is 1. The number of nitrogens with zero attached hydrogens (tertiary/aromatic N) is 3. The zero-order chi connectivity index (χ0) is 21.0. The molecule has 0 atom stereocenters. The van der Waals surface area contributed by atoms with Crippen molar-refractivity contribution in [3.05, 3.63) is 65.4 Å². The standard InChI is InChI=1S/C20H21ClN4O3S/c1-25(2)13-14-4-6-15(7-5-14)18-11-17(8-9-22-18)24-29(26,27)19-10-16(21)12-23-20(19)28-3/h4-12H,13H2,1-3H3,(H,22,24). The van der Waals surface area contributed by atoms with Gasteiger partial charge in [0.1, 0.15) is 0 Å². The average Bonchev–Trinajstić information content (AvgIpc) is 2.68. The second-order valence-corrected chi connectivity index (χ2v) is 8.72. The van der Waals surface area contributed by atoms with Crippen LogP contribution in [0.25, 0.3) is 11.3 Å². The maximum atomic E-state index is 12.8. The van der Waals surface area contributed by atoms with Crippen molar-refractivity contribution in [2.45, 2.75) is 11.4 Å². The fraction of sp³-hybridized carbons (Fsp3) is 0.200. The molecule has 0 aliphatic carbocycles. The SMILES string of the molecule is COc1ncc(Cl)cc1S(=O)(=O)Nc1ccnc(-c2ccc(CN(C)C)cc2)c1. The first-order valence-electron chi connectivity index (χ1n) is 8.71. The van der Waals surface area contributed by atoms with Crippen LogP contribution in [0.4, 0.5) is 5.69 Å². The topological polar surface area (TPSA) is 84.4 Å². The number of hydrogen-bond acceptors (Lipinski definition) is 6. The molecule has 0 unspecified atom stereocenters. The molecule has 0 saturated heterocycles. The first kappa shape index (κ1) is 21.0. The largest absolute Gasteiger partial charge is 0.480 e. The van der Waals surface area contributed by atoms with E-state index in [0.29, 0.717) is 11.4 Å². The number of ether oxygens (including phenoxy) is 1. The molecule has 0 bridgehead atoms.